The topological polar surface area (TPSA) is 77.5 Å². The number of hydrogen-bond donors (Lipinski definition) is 0. The monoisotopic (exact) mass is 264 g/mol. The van der Waals surface area contributed by atoms with Crippen molar-refractivity contribution < 1.29 is 28.7 Å². The molecule has 8 nitrogen and oxygen atoms in total. The average molecular weight is 264 g/mol. The highest BCUT2D eigenvalue weighted by molar-refractivity contribution is 5.72. The van der Waals surface area contributed by atoms with Crippen molar-refractivity contribution in [2.75, 3.05) is 26.4 Å². The van der Waals surface area contributed by atoms with E-state index in [9.17, 15) is 9.59 Å². The van der Waals surface area contributed by atoms with Crippen LogP contribution in [0.4, 0.5) is 9.59 Å². The maximum absolute atomic E-state index is 11.6. The van der Waals surface area contributed by atoms with Crippen molar-refractivity contribution in [3.63, 3.8) is 0 Å². The third-order valence-corrected chi connectivity index (χ3v) is 1.52. The highest BCUT2D eigenvalue weighted by Gasteiger charge is 2.30. The van der Waals surface area contributed by atoms with Crippen LogP contribution < -0.4 is 0 Å². The molecule has 0 atom stereocenters. The normalized spacial score (nSPS) is 9.78. The minimum Gasteiger partial charge on any atom is -0.447 e. The molecule has 8 heteroatoms. The van der Waals surface area contributed by atoms with Crippen LogP contribution in [0.1, 0.15) is 27.7 Å². The van der Waals surface area contributed by atoms with Crippen LogP contribution in [0.25, 0.3) is 0 Å². The first-order valence-electron chi connectivity index (χ1n) is 5.81. The molecule has 0 aromatic carbocycles. The molecule has 0 bridgehead atoms. The molecule has 0 radical (unpaired) electrons. The van der Waals surface area contributed by atoms with E-state index in [0.29, 0.717) is 10.3 Å². The zero-order valence-corrected chi connectivity index (χ0v) is 11.2. The number of ether oxygens (including phenoxy) is 2. The van der Waals surface area contributed by atoms with E-state index in [1.165, 1.54) is 0 Å². The molecule has 0 saturated carbocycles. The van der Waals surface area contributed by atoms with Crippen LogP contribution in [-0.4, -0.2) is 49.0 Å². The lowest BCUT2D eigenvalue weighted by Gasteiger charge is -2.29. The van der Waals surface area contributed by atoms with Gasteiger partial charge in [0.25, 0.3) is 0 Å². The third-order valence-electron chi connectivity index (χ3n) is 1.52. The Kier molecular flexibility index (Phi) is 8.67. The fraction of sp³-hybridized carbons (Fsp3) is 0.800. The lowest BCUT2D eigenvalue weighted by Crippen LogP contribution is -2.50. The molecule has 2 amide bonds. The zero-order chi connectivity index (χ0) is 14.0. The third kappa shape index (κ3) is 5.19. The predicted octanol–water partition coefficient (Wildman–Crippen LogP) is 1.72. The van der Waals surface area contributed by atoms with Gasteiger partial charge < -0.3 is 9.47 Å². The highest BCUT2D eigenvalue weighted by atomic mass is 16.9. The van der Waals surface area contributed by atoms with Gasteiger partial charge in [-0.15, -0.1) is 0 Å². The minimum atomic E-state index is -0.860. The van der Waals surface area contributed by atoms with Crippen molar-refractivity contribution in [2.24, 2.45) is 0 Å². The molecular weight excluding hydrogens is 244 g/mol. The maximum Gasteiger partial charge on any atom is 0.456 e. The zero-order valence-electron chi connectivity index (χ0n) is 11.2. The summed E-state index contributed by atoms with van der Waals surface area (Å²) in [5.41, 5.74) is 0. The largest absolute Gasteiger partial charge is 0.456 e. The summed E-state index contributed by atoms with van der Waals surface area (Å²) in [5, 5.41) is 1.18. The molecule has 0 saturated heterocycles. The Balaban J connectivity index is 4.84. The summed E-state index contributed by atoms with van der Waals surface area (Å²) in [6, 6.07) is 0. The Labute approximate surface area is 106 Å². The quantitative estimate of drug-likeness (QED) is 0.680. The van der Waals surface area contributed by atoms with E-state index in [0.717, 1.165) is 0 Å². The van der Waals surface area contributed by atoms with Crippen LogP contribution in [0, 0.1) is 0 Å². The summed E-state index contributed by atoms with van der Waals surface area (Å²) in [6.07, 6.45) is -1.72. The molecule has 106 valence electrons. The van der Waals surface area contributed by atoms with Crippen molar-refractivity contribution in [3.8, 4) is 0 Å². The fourth-order valence-electron chi connectivity index (χ4n) is 0.961. The van der Waals surface area contributed by atoms with Crippen molar-refractivity contribution in [1.82, 2.24) is 10.3 Å². The van der Waals surface area contributed by atoms with E-state index < -0.39 is 12.2 Å². The van der Waals surface area contributed by atoms with Crippen LogP contribution in [0.2, 0.25) is 0 Å². The molecule has 0 aromatic rings. The fourth-order valence-corrected chi connectivity index (χ4v) is 0.961. The van der Waals surface area contributed by atoms with Gasteiger partial charge in [-0.25, -0.2) is 19.3 Å². The molecule has 0 rings (SSSR count). The van der Waals surface area contributed by atoms with E-state index in [1.807, 2.05) is 0 Å². The Morgan fingerprint density at radius 2 is 1.06 bits per heavy atom. The summed E-state index contributed by atoms with van der Waals surface area (Å²) < 4.78 is 9.49. The van der Waals surface area contributed by atoms with Gasteiger partial charge in [0.15, 0.2) is 0 Å². The summed E-state index contributed by atoms with van der Waals surface area (Å²) in [6.45, 7) is 7.18. The van der Waals surface area contributed by atoms with E-state index in [4.69, 9.17) is 19.1 Å². The molecule has 0 aromatic heterocycles. The van der Waals surface area contributed by atoms with Gasteiger partial charge in [0.05, 0.1) is 26.4 Å². The lowest BCUT2D eigenvalue weighted by molar-refractivity contribution is -0.354. The van der Waals surface area contributed by atoms with Gasteiger partial charge in [-0.3, -0.25) is 0 Å². The van der Waals surface area contributed by atoms with Crippen molar-refractivity contribution in [3.05, 3.63) is 0 Å². The Morgan fingerprint density at radius 3 is 1.28 bits per heavy atom. The standard InChI is InChI=1S/C10H20N2O6/c1-5-15-9(13)11(17-7-3)12(18-8-4)10(14)16-6-2/h5-8H2,1-4H3. The first-order chi connectivity index (χ1) is 8.62. The van der Waals surface area contributed by atoms with Gasteiger partial charge in [-0.2, -0.15) is 0 Å². The van der Waals surface area contributed by atoms with E-state index in [2.05, 4.69) is 0 Å². The van der Waals surface area contributed by atoms with Crippen LogP contribution in [0.3, 0.4) is 0 Å². The van der Waals surface area contributed by atoms with Crippen molar-refractivity contribution >= 4 is 12.2 Å². The predicted molar refractivity (Wildman–Crippen MR) is 61.0 cm³/mol. The maximum atomic E-state index is 11.6. The smallest absolute Gasteiger partial charge is 0.447 e. The Bertz CT molecular complexity index is 235. The van der Waals surface area contributed by atoms with E-state index in [1.54, 1.807) is 27.7 Å². The number of nitrogens with zero attached hydrogens (tertiary/aromatic N) is 2. The average Bonchev–Trinajstić information content (AvgIpc) is 2.34. The van der Waals surface area contributed by atoms with Gasteiger partial charge >= 0.3 is 12.2 Å². The van der Waals surface area contributed by atoms with Gasteiger partial charge in [-0.1, -0.05) is 10.3 Å². The van der Waals surface area contributed by atoms with Crippen LogP contribution >= 0.6 is 0 Å². The number of rotatable bonds is 6. The first-order valence-corrected chi connectivity index (χ1v) is 5.81. The molecule has 0 aliphatic rings. The molecule has 0 N–H and O–H groups in total. The number of amides is 2. The molecular formula is C10H20N2O6. The second-order valence-electron chi connectivity index (χ2n) is 2.78. The lowest BCUT2D eigenvalue weighted by atomic mass is 10.8. The van der Waals surface area contributed by atoms with Crippen molar-refractivity contribution in [1.29, 1.82) is 0 Å². The Morgan fingerprint density at radius 1 is 0.722 bits per heavy atom. The first kappa shape index (κ1) is 16.5. The van der Waals surface area contributed by atoms with E-state index in [-0.39, 0.29) is 26.4 Å². The van der Waals surface area contributed by atoms with Gasteiger partial charge in [-0.05, 0) is 27.7 Å². The number of carbonyl (C=O) groups is 2. The van der Waals surface area contributed by atoms with Gasteiger partial charge in [0, 0.05) is 0 Å². The number of carbonyl (C=O) groups excluding carboxylic acids is 2. The van der Waals surface area contributed by atoms with Gasteiger partial charge in [0.2, 0.25) is 0 Å². The second-order valence-corrected chi connectivity index (χ2v) is 2.78. The van der Waals surface area contributed by atoms with Crippen LogP contribution in [0.15, 0.2) is 0 Å². The number of hydrazine groups is 1. The molecule has 0 spiro atoms. The number of hydroxylamine groups is 2. The molecule has 18 heavy (non-hydrogen) atoms. The minimum absolute atomic E-state index is 0.144. The van der Waals surface area contributed by atoms with Crippen molar-refractivity contribution in [2.45, 2.75) is 27.7 Å². The molecule has 0 heterocycles. The van der Waals surface area contributed by atoms with Crippen LogP contribution in [-0.2, 0) is 19.1 Å². The summed E-state index contributed by atoms with van der Waals surface area (Å²) in [4.78, 5) is 33.2. The molecule has 0 fully saturated rings. The SMILES string of the molecule is CCOC(=O)N(OCC)N(OCC)C(=O)OCC. The highest BCUT2D eigenvalue weighted by Crippen LogP contribution is 2.07. The molecule has 0 aliphatic carbocycles. The second kappa shape index (κ2) is 9.49. The number of hydrogen-bond acceptors (Lipinski definition) is 6. The summed E-state index contributed by atoms with van der Waals surface area (Å²) >= 11 is 0. The Hall–Kier alpha value is -1.54. The van der Waals surface area contributed by atoms with E-state index >= 15 is 0 Å². The van der Waals surface area contributed by atoms with Gasteiger partial charge in [0.1, 0.15) is 0 Å². The molecule has 0 aliphatic heterocycles. The summed E-state index contributed by atoms with van der Waals surface area (Å²) in [7, 11) is 0. The molecule has 0 unspecified atom stereocenters. The summed E-state index contributed by atoms with van der Waals surface area (Å²) in [5.74, 6) is 0. The van der Waals surface area contributed by atoms with Crippen LogP contribution in [0.5, 0.6) is 0 Å².